The lowest BCUT2D eigenvalue weighted by Gasteiger charge is -2.29. The van der Waals surface area contributed by atoms with Crippen LogP contribution in [0.1, 0.15) is 62.8 Å². The molecule has 0 saturated heterocycles. The predicted octanol–water partition coefficient (Wildman–Crippen LogP) is 4.82. The van der Waals surface area contributed by atoms with Gasteiger partial charge in [0.2, 0.25) is 0 Å². The van der Waals surface area contributed by atoms with Crippen LogP contribution < -0.4 is 5.63 Å². The van der Waals surface area contributed by atoms with Gasteiger partial charge in [0.05, 0.1) is 18.3 Å². The molecule has 1 aliphatic carbocycles. The summed E-state index contributed by atoms with van der Waals surface area (Å²) >= 11 is 0. The van der Waals surface area contributed by atoms with Gasteiger partial charge < -0.3 is 18.7 Å². The van der Waals surface area contributed by atoms with Crippen molar-refractivity contribution in [2.45, 2.75) is 64.4 Å². The lowest BCUT2D eigenvalue weighted by atomic mass is 9.87. The number of aromatic hydroxyl groups is 1. The van der Waals surface area contributed by atoms with Crippen molar-refractivity contribution in [1.82, 2.24) is 0 Å². The van der Waals surface area contributed by atoms with E-state index in [1.54, 1.807) is 18.6 Å². The minimum Gasteiger partial charge on any atom is -0.507 e. The normalized spacial score (nSPS) is 23.1. The van der Waals surface area contributed by atoms with Crippen LogP contribution in [0, 0.1) is 5.41 Å². The smallest absolute Gasteiger partial charge is 0.346 e. The Labute approximate surface area is 158 Å². The Balaban J connectivity index is 1.60. The predicted molar refractivity (Wildman–Crippen MR) is 100 cm³/mol. The van der Waals surface area contributed by atoms with Crippen molar-refractivity contribution >= 4 is 0 Å². The summed E-state index contributed by atoms with van der Waals surface area (Å²) < 4.78 is 16.8. The zero-order chi connectivity index (χ0) is 19.1. The average Bonchev–Trinajstić information content (AvgIpc) is 2.99. The summed E-state index contributed by atoms with van der Waals surface area (Å²) in [4.78, 5) is 12.8. The van der Waals surface area contributed by atoms with Gasteiger partial charge in [-0.05, 0) is 55.7 Å². The molecule has 2 aromatic heterocycles. The van der Waals surface area contributed by atoms with E-state index in [-0.39, 0.29) is 16.7 Å². The van der Waals surface area contributed by atoms with Gasteiger partial charge >= 0.3 is 5.63 Å². The van der Waals surface area contributed by atoms with Crippen LogP contribution in [0.15, 0.2) is 50.1 Å². The molecule has 0 radical (unpaired) electrons. The molecule has 0 aromatic carbocycles. The van der Waals surface area contributed by atoms with Gasteiger partial charge in [-0.2, -0.15) is 0 Å². The molecule has 0 spiro atoms. The van der Waals surface area contributed by atoms with E-state index in [2.05, 4.69) is 0 Å². The second-order valence-electron chi connectivity index (χ2n) is 8.11. The van der Waals surface area contributed by atoms with Gasteiger partial charge in [-0.3, -0.25) is 0 Å². The molecule has 5 heteroatoms. The maximum absolute atomic E-state index is 12.8. The van der Waals surface area contributed by atoms with E-state index in [4.69, 9.17) is 13.6 Å². The van der Waals surface area contributed by atoms with Gasteiger partial charge in [0.25, 0.3) is 0 Å². The van der Waals surface area contributed by atoms with Crippen LogP contribution in [-0.4, -0.2) is 5.11 Å². The highest BCUT2D eigenvalue weighted by Crippen LogP contribution is 2.51. The highest BCUT2D eigenvalue weighted by Gasteiger charge is 2.45. The quantitative estimate of drug-likeness (QED) is 0.756. The number of rotatable bonds is 7. The first-order valence-corrected chi connectivity index (χ1v) is 9.69. The molecule has 0 bridgehead atoms. The van der Waals surface area contributed by atoms with Gasteiger partial charge in [0, 0.05) is 18.9 Å². The molecular formula is C22H26O5. The van der Waals surface area contributed by atoms with Crippen molar-refractivity contribution in [1.29, 1.82) is 0 Å². The summed E-state index contributed by atoms with van der Waals surface area (Å²) in [6.07, 6.45) is 11.2. The zero-order valence-corrected chi connectivity index (χ0v) is 15.9. The number of allylic oxidation sites excluding steroid dienone is 1. The first-order chi connectivity index (χ1) is 13.0. The molecule has 1 fully saturated rings. The van der Waals surface area contributed by atoms with Gasteiger partial charge in [0.1, 0.15) is 22.7 Å². The van der Waals surface area contributed by atoms with Crippen LogP contribution in [0.25, 0.3) is 0 Å². The molecule has 4 rings (SSSR count). The molecule has 1 unspecified atom stereocenters. The minimum absolute atomic E-state index is 0.0167. The fraction of sp³-hybridized carbons (Fsp3) is 0.500. The standard InChI is InChI=1S/C22H26O5/c1-3-6-22(7-4-15(2)27-22)19-18(23)11-17(26-20(19)24)13-21(8-9-21)12-16-5-10-25-14-16/h4-5,10-11,14,23H,3,6-9,12-13H2,1-2H3. The van der Waals surface area contributed by atoms with E-state index in [0.717, 1.165) is 37.0 Å². The van der Waals surface area contributed by atoms with Gasteiger partial charge in [-0.25, -0.2) is 4.79 Å². The molecule has 1 N–H and O–H groups in total. The van der Waals surface area contributed by atoms with Crippen LogP contribution in [-0.2, 0) is 23.2 Å². The summed E-state index contributed by atoms with van der Waals surface area (Å²) in [6.45, 7) is 3.91. The molecule has 3 heterocycles. The monoisotopic (exact) mass is 370 g/mol. The molecule has 1 atom stereocenters. The van der Waals surface area contributed by atoms with E-state index in [9.17, 15) is 9.90 Å². The van der Waals surface area contributed by atoms with E-state index < -0.39 is 11.2 Å². The zero-order valence-electron chi connectivity index (χ0n) is 15.9. The third kappa shape index (κ3) is 3.43. The van der Waals surface area contributed by atoms with Crippen LogP contribution in [0.2, 0.25) is 0 Å². The fourth-order valence-corrected chi connectivity index (χ4v) is 4.36. The van der Waals surface area contributed by atoms with Gasteiger partial charge in [0.15, 0.2) is 0 Å². The Morgan fingerprint density at radius 3 is 2.63 bits per heavy atom. The lowest BCUT2D eigenvalue weighted by molar-refractivity contribution is 0.00891. The van der Waals surface area contributed by atoms with E-state index >= 15 is 0 Å². The second-order valence-corrected chi connectivity index (χ2v) is 8.11. The van der Waals surface area contributed by atoms with Crippen LogP contribution in [0.4, 0.5) is 0 Å². The highest BCUT2D eigenvalue weighted by atomic mass is 16.5. The number of hydrogen-bond acceptors (Lipinski definition) is 5. The molecule has 1 saturated carbocycles. The lowest BCUT2D eigenvalue weighted by Crippen LogP contribution is -2.32. The molecule has 5 nitrogen and oxygen atoms in total. The summed E-state index contributed by atoms with van der Waals surface area (Å²) in [5.74, 6) is 1.30. The van der Waals surface area contributed by atoms with E-state index in [1.807, 2.05) is 26.0 Å². The van der Waals surface area contributed by atoms with Crippen molar-refractivity contribution in [2.24, 2.45) is 5.41 Å². The molecular weight excluding hydrogens is 344 g/mol. The second kappa shape index (κ2) is 6.63. The average molecular weight is 370 g/mol. The molecule has 2 aromatic rings. The van der Waals surface area contributed by atoms with Crippen LogP contribution in [0.5, 0.6) is 5.75 Å². The number of furan rings is 1. The van der Waals surface area contributed by atoms with E-state index in [0.29, 0.717) is 25.0 Å². The van der Waals surface area contributed by atoms with Crippen LogP contribution in [0.3, 0.4) is 0 Å². The summed E-state index contributed by atoms with van der Waals surface area (Å²) in [5, 5.41) is 10.7. The van der Waals surface area contributed by atoms with E-state index in [1.165, 1.54) is 0 Å². The number of ether oxygens (including phenoxy) is 1. The molecule has 2 aliphatic rings. The largest absolute Gasteiger partial charge is 0.507 e. The Bertz CT molecular complexity index is 901. The third-order valence-corrected chi connectivity index (χ3v) is 5.83. The highest BCUT2D eigenvalue weighted by molar-refractivity contribution is 5.38. The molecule has 144 valence electrons. The van der Waals surface area contributed by atoms with Crippen LogP contribution >= 0.6 is 0 Å². The molecule has 1 aliphatic heterocycles. The summed E-state index contributed by atoms with van der Waals surface area (Å²) in [6, 6.07) is 3.58. The first kappa shape index (κ1) is 18.0. The molecule has 0 amide bonds. The topological polar surface area (TPSA) is 72.8 Å². The Morgan fingerprint density at radius 1 is 1.26 bits per heavy atom. The third-order valence-electron chi connectivity index (χ3n) is 5.83. The van der Waals surface area contributed by atoms with Crippen molar-refractivity contribution in [2.75, 3.05) is 0 Å². The number of hydrogen-bond donors (Lipinski definition) is 1. The fourth-order valence-electron chi connectivity index (χ4n) is 4.36. The Morgan fingerprint density at radius 2 is 2.07 bits per heavy atom. The van der Waals surface area contributed by atoms with Gasteiger partial charge in [-0.15, -0.1) is 0 Å². The van der Waals surface area contributed by atoms with Crippen molar-refractivity contribution in [3.63, 3.8) is 0 Å². The van der Waals surface area contributed by atoms with Gasteiger partial charge in [-0.1, -0.05) is 13.3 Å². The SMILES string of the molecule is CCCC1(c2c(O)cc(CC3(Cc4ccoc4)CC3)oc2=O)CC=C(C)O1. The summed E-state index contributed by atoms with van der Waals surface area (Å²) in [5.41, 5.74) is 0.201. The molecule has 27 heavy (non-hydrogen) atoms. The Hall–Kier alpha value is -2.43. The van der Waals surface area contributed by atoms with Crippen molar-refractivity contribution < 1.29 is 18.7 Å². The maximum Gasteiger partial charge on any atom is 0.346 e. The maximum atomic E-state index is 12.8. The first-order valence-electron chi connectivity index (χ1n) is 9.69. The van der Waals surface area contributed by atoms with Crippen molar-refractivity contribution in [3.05, 3.63) is 63.8 Å². The Kier molecular flexibility index (Phi) is 4.41. The minimum atomic E-state index is -0.809. The van der Waals surface area contributed by atoms with Crippen molar-refractivity contribution in [3.8, 4) is 5.75 Å². The summed E-state index contributed by atoms with van der Waals surface area (Å²) in [7, 11) is 0.